The number of alkyl carbamates (subject to hydrolysis) is 1. The second-order valence-corrected chi connectivity index (χ2v) is 7.42. The Balaban J connectivity index is 2.38. The van der Waals surface area contributed by atoms with Gasteiger partial charge in [-0.25, -0.2) is 9.59 Å². The quantitative estimate of drug-likeness (QED) is 0.473. The Kier molecular flexibility index (Phi) is 8.98. The largest absolute Gasteiger partial charge is 0.480 e. The van der Waals surface area contributed by atoms with Crippen LogP contribution in [0.5, 0.6) is 0 Å². The van der Waals surface area contributed by atoms with Crippen molar-refractivity contribution in [2.75, 3.05) is 18.6 Å². The van der Waals surface area contributed by atoms with Crippen molar-refractivity contribution in [3.63, 3.8) is 0 Å². The third-order valence-electron chi connectivity index (χ3n) is 3.55. The van der Waals surface area contributed by atoms with Gasteiger partial charge in [0.2, 0.25) is 0 Å². The fourth-order valence-electron chi connectivity index (χ4n) is 2.03. The number of carboxylic acid groups (broad SMARTS) is 1. The summed E-state index contributed by atoms with van der Waals surface area (Å²) in [6.07, 6.45) is -0.557. The summed E-state index contributed by atoms with van der Waals surface area (Å²) in [5.41, 5.74) is 0.162. The van der Waals surface area contributed by atoms with Crippen LogP contribution in [0, 0.1) is 5.41 Å². The molecule has 0 saturated carbocycles. The number of rotatable bonds is 10. The molecule has 7 nitrogen and oxygen atoms in total. The van der Waals surface area contributed by atoms with Gasteiger partial charge in [0.05, 0.1) is 12.5 Å². The van der Waals surface area contributed by atoms with Crippen LogP contribution < -0.4 is 5.32 Å². The molecule has 1 aromatic carbocycles. The van der Waals surface area contributed by atoms with Crippen LogP contribution in [0.3, 0.4) is 0 Å². The predicted octanol–water partition coefficient (Wildman–Crippen LogP) is 2.69. The van der Waals surface area contributed by atoms with E-state index >= 15 is 0 Å². The van der Waals surface area contributed by atoms with Crippen LogP contribution in [-0.2, 0) is 25.7 Å². The number of carbonyl (C=O) groups is 3. The van der Waals surface area contributed by atoms with Crippen molar-refractivity contribution >= 4 is 29.8 Å². The molecule has 0 aromatic heterocycles. The molecular formula is C18H25NO6S. The molecule has 1 rings (SSSR count). The van der Waals surface area contributed by atoms with Gasteiger partial charge in [-0.2, -0.15) is 11.8 Å². The van der Waals surface area contributed by atoms with Crippen LogP contribution in [0.1, 0.15) is 25.8 Å². The Morgan fingerprint density at radius 2 is 1.88 bits per heavy atom. The van der Waals surface area contributed by atoms with Gasteiger partial charge in [-0.05, 0) is 31.6 Å². The zero-order chi connectivity index (χ0) is 19.6. The maximum atomic E-state index is 11.8. The molecule has 1 aromatic rings. The van der Waals surface area contributed by atoms with Crippen molar-refractivity contribution in [2.24, 2.45) is 5.41 Å². The van der Waals surface area contributed by atoms with E-state index in [9.17, 15) is 19.5 Å². The Morgan fingerprint density at radius 1 is 1.23 bits per heavy atom. The van der Waals surface area contributed by atoms with E-state index in [-0.39, 0.29) is 19.0 Å². The smallest absolute Gasteiger partial charge is 0.408 e. The second-order valence-electron chi connectivity index (χ2n) is 6.31. The van der Waals surface area contributed by atoms with Gasteiger partial charge in [0.15, 0.2) is 0 Å². The van der Waals surface area contributed by atoms with Crippen LogP contribution in [-0.4, -0.2) is 47.8 Å². The van der Waals surface area contributed by atoms with Gasteiger partial charge < -0.3 is 19.9 Å². The van der Waals surface area contributed by atoms with Gasteiger partial charge in [0.1, 0.15) is 12.6 Å². The lowest BCUT2D eigenvalue weighted by molar-refractivity contribution is -0.149. The molecule has 1 unspecified atom stereocenters. The highest BCUT2D eigenvalue weighted by molar-refractivity contribution is 7.99. The average Bonchev–Trinajstić information content (AvgIpc) is 2.62. The highest BCUT2D eigenvalue weighted by atomic mass is 32.2. The van der Waals surface area contributed by atoms with E-state index in [1.807, 2.05) is 30.3 Å². The lowest BCUT2D eigenvalue weighted by Gasteiger charge is -2.21. The summed E-state index contributed by atoms with van der Waals surface area (Å²) in [6.45, 7) is 3.60. The molecule has 0 aliphatic heterocycles. The minimum atomic E-state index is -1.13. The zero-order valence-corrected chi connectivity index (χ0v) is 16.0. The standard InChI is InChI=1S/C18H25NO6S/c1-18(2,16(22)24-3)12-26-10-9-14(15(20)21)19-17(23)25-11-13-7-5-4-6-8-13/h4-8,14H,9-12H2,1-3H3,(H,19,23)(H,20,21). The minimum Gasteiger partial charge on any atom is -0.480 e. The fourth-order valence-corrected chi connectivity index (χ4v) is 3.20. The maximum absolute atomic E-state index is 11.8. The number of amides is 1. The molecule has 8 heteroatoms. The zero-order valence-electron chi connectivity index (χ0n) is 15.2. The molecule has 0 heterocycles. The monoisotopic (exact) mass is 383 g/mol. The van der Waals surface area contributed by atoms with E-state index in [0.717, 1.165) is 5.56 Å². The van der Waals surface area contributed by atoms with Crippen LogP contribution in [0.25, 0.3) is 0 Å². The Bertz CT molecular complexity index is 605. The minimum absolute atomic E-state index is 0.0705. The molecule has 0 aliphatic carbocycles. The normalized spacial score (nSPS) is 12.1. The third-order valence-corrected chi connectivity index (χ3v) is 5.00. The molecule has 144 valence electrons. The van der Waals surface area contributed by atoms with E-state index in [2.05, 4.69) is 5.32 Å². The number of hydrogen-bond donors (Lipinski definition) is 2. The average molecular weight is 383 g/mol. The Morgan fingerprint density at radius 3 is 2.46 bits per heavy atom. The number of esters is 1. The van der Waals surface area contributed by atoms with Crippen molar-refractivity contribution in [1.29, 1.82) is 0 Å². The summed E-state index contributed by atoms with van der Waals surface area (Å²) in [6, 6.07) is 8.06. The highest BCUT2D eigenvalue weighted by Gasteiger charge is 2.29. The predicted molar refractivity (Wildman–Crippen MR) is 98.9 cm³/mol. The molecule has 1 amide bonds. The number of benzene rings is 1. The van der Waals surface area contributed by atoms with Crippen LogP contribution in [0.2, 0.25) is 0 Å². The fraction of sp³-hybridized carbons (Fsp3) is 0.500. The molecule has 0 bridgehead atoms. The number of aliphatic carboxylic acids is 1. The molecule has 0 aliphatic rings. The summed E-state index contributed by atoms with van der Waals surface area (Å²) in [4.78, 5) is 34.7. The van der Waals surface area contributed by atoms with E-state index in [1.165, 1.54) is 18.9 Å². The Hall–Kier alpha value is -2.22. The van der Waals surface area contributed by atoms with Crippen molar-refractivity contribution in [3.8, 4) is 0 Å². The van der Waals surface area contributed by atoms with Gasteiger partial charge in [0.25, 0.3) is 0 Å². The van der Waals surface area contributed by atoms with Crippen LogP contribution in [0.15, 0.2) is 30.3 Å². The number of methoxy groups -OCH3 is 1. The van der Waals surface area contributed by atoms with Crippen LogP contribution in [0.4, 0.5) is 4.79 Å². The van der Waals surface area contributed by atoms with Gasteiger partial charge in [-0.1, -0.05) is 30.3 Å². The molecular weight excluding hydrogens is 358 g/mol. The lowest BCUT2D eigenvalue weighted by atomic mass is 9.97. The van der Waals surface area contributed by atoms with E-state index < -0.39 is 23.5 Å². The maximum Gasteiger partial charge on any atom is 0.408 e. The van der Waals surface area contributed by atoms with Crippen molar-refractivity contribution in [2.45, 2.75) is 32.9 Å². The number of ether oxygens (including phenoxy) is 2. The summed E-state index contributed by atoms with van der Waals surface area (Å²) >= 11 is 1.43. The lowest BCUT2D eigenvalue weighted by Crippen LogP contribution is -2.41. The van der Waals surface area contributed by atoms with Gasteiger partial charge in [0, 0.05) is 5.75 Å². The van der Waals surface area contributed by atoms with E-state index in [1.54, 1.807) is 13.8 Å². The molecule has 1 atom stereocenters. The molecule has 2 N–H and O–H groups in total. The van der Waals surface area contributed by atoms with Crippen LogP contribution >= 0.6 is 11.8 Å². The highest BCUT2D eigenvalue weighted by Crippen LogP contribution is 2.24. The number of carboxylic acids is 1. The number of nitrogens with one attached hydrogen (secondary N) is 1. The van der Waals surface area contributed by atoms with E-state index in [0.29, 0.717) is 11.5 Å². The van der Waals surface area contributed by atoms with Crippen molar-refractivity contribution in [1.82, 2.24) is 5.32 Å². The molecule has 26 heavy (non-hydrogen) atoms. The molecule has 0 fully saturated rings. The number of carbonyl (C=O) groups excluding carboxylic acids is 2. The van der Waals surface area contributed by atoms with Gasteiger partial charge in [-0.15, -0.1) is 0 Å². The van der Waals surface area contributed by atoms with Gasteiger partial charge >= 0.3 is 18.0 Å². The molecule has 0 spiro atoms. The van der Waals surface area contributed by atoms with Crippen molar-refractivity contribution in [3.05, 3.63) is 35.9 Å². The first-order valence-corrected chi connectivity index (χ1v) is 9.28. The Labute approximate surface area is 157 Å². The van der Waals surface area contributed by atoms with Crippen molar-refractivity contribution < 1.29 is 29.0 Å². The second kappa shape index (κ2) is 10.7. The summed E-state index contributed by atoms with van der Waals surface area (Å²) < 4.78 is 9.76. The topological polar surface area (TPSA) is 102 Å². The molecule has 0 radical (unpaired) electrons. The molecule has 0 saturated heterocycles. The summed E-state index contributed by atoms with van der Waals surface area (Å²) in [5, 5.41) is 11.6. The first-order chi connectivity index (χ1) is 12.3. The van der Waals surface area contributed by atoms with E-state index in [4.69, 9.17) is 9.47 Å². The van der Waals surface area contributed by atoms with Gasteiger partial charge in [-0.3, -0.25) is 4.79 Å². The number of hydrogen-bond acceptors (Lipinski definition) is 6. The number of thioether (sulfide) groups is 1. The SMILES string of the molecule is COC(=O)C(C)(C)CSCCC(NC(=O)OCc1ccccc1)C(=O)O. The first kappa shape index (κ1) is 21.8. The first-order valence-electron chi connectivity index (χ1n) is 8.12. The summed E-state index contributed by atoms with van der Waals surface area (Å²) in [5.74, 6) is -0.488. The third kappa shape index (κ3) is 7.77. The summed E-state index contributed by atoms with van der Waals surface area (Å²) in [7, 11) is 1.33.